The molecule has 0 spiro atoms. The SMILES string of the molecule is CCCCCCC(=O)NN=Cc1c(O)n(-c2cccc(Cl)c2)c(=O)[nH]c1=O. The van der Waals surface area contributed by atoms with Crippen molar-refractivity contribution in [2.75, 3.05) is 0 Å². The van der Waals surface area contributed by atoms with Crippen molar-refractivity contribution in [3.05, 3.63) is 55.7 Å². The summed E-state index contributed by atoms with van der Waals surface area (Å²) in [4.78, 5) is 37.8. The highest BCUT2D eigenvalue weighted by Gasteiger charge is 2.14. The minimum absolute atomic E-state index is 0.263. The summed E-state index contributed by atoms with van der Waals surface area (Å²) in [5.41, 5.74) is 0.670. The molecule has 1 aromatic carbocycles. The van der Waals surface area contributed by atoms with E-state index < -0.39 is 17.1 Å². The zero-order valence-corrected chi connectivity index (χ0v) is 15.6. The number of hydrogen-bond donors (Lipinski definition) is 3. The number of nitrogens with one attached hydrogen (secondary N) is 2. The van der Waals surface area contributed by atoms with Gasteiger partial charge in [-0.15, -0.1) is 0 Å². The van der Waals surface area contributed by atoms with Crippen LogP contribution in [0.15, 0.2) is 39.0 Å². The summed E-state index contributed by atoms with van der Waals surface area (Å²) in [5.74, 6) is -0.895. The highest BCUT2D eigenvalue weighted by Crippen LogP contribution is 2.18. The molecule has 0 unspecified atom stereocenters. The van der Waals surface area contributed by atoms with Gasteiger partial charge >= 0.3 is 5.69 Å². The first-order valence-corrected chi connectivity index (χ1v) is 8.98. The zero-order chi connectivity index (χ0) is 19.8. The Morgan fingerprint density at radius 1 is 1.33 bits per heavy atom. The van der Waals surface area contributed by atoms with Gasteiger partial charge in [0.2, 0.25) is 11.8 Å². The van der Waals surface area contributed by atoms with Crippen molar-refractivity contribution in [2.45, 2.75) is 39.0 Å². The molecule has 3 N–H and O–H groups in total. The third kappa shape index (κ3) is 5.55. The van der Waals surface area contributed by atoms with Crippen molar-refractivity contribution in [1.29, 1.82) is 0 Å². The maximum absolute atomic E-state index is 12.1. The van der Waals surface area contributed by atoms with Gasteiger partial charge < -0.3 is 5.11 Å². The van der Waals surface area contributed by atoms with Crippen molar-refractivity contribution >= 4 is 23.7 Å². The number of halogens is 1. The Labute approximate surface area is 160 Å². The molecule has 1 heterocycles. The smallest absolute Gasteiger partial charge is 0.335 e. The molecule has 1 amide bonds. The maximum atomic E-state index is 12.1. The van der Waals surface area contributed by atoms with E-state index >= 15 is 0 Å². The van der Waals surface area contributed by atoms with Crippen molar-refractivity contribution in [1.82, 2.24) is 15.0 Å². The topological polar surface area (TPSA) is 117 Å². The number of aromatic hydroxyl groups is 1. The van der Waals surface area contributed by atoms with Gasteiger partial charge in [0.1, 0.15) is 5.56 Å². The van der Waals surface area contributed by atoms with Crippen molar-refractivity contribution in [3.8, 4) is 11.6 Å². The lowest BCUT2D eigenvalue weighted by Gasteiger charge is -2.09. The number of hydrazone groups is 1. The predicted molar refractivity (Wildman–Crippen MR) is 104 cm³/mol. The molecule has 0 bridgehead atoms. The summed E-state index contributed by atoms with van der Waals surface area (Å²) in [7, 11) is 0. The molecule has 0 fully saturated rings. The van der Waals surface area contributed by atoms with Crippen LogP contribution in [0.3, 0.4) is 0 Å². The van der Waals surface area contributed by atoms with Gasteiger partial charge in [-0.2, -0.15) is 5.10 Å². The van der Waals surface area contributed by atoms with Gasteiger partial charge in [-0.05, 0) is 24.6 Å². The number of carbonyl (C=O) groups is 1. The molecular weight excluding hydrogens is 372 g/mol. The van der Waals surface area contributed by atoms with Crippen molar-refractivity contribution in [2.24, 2.45) is 5.10 Å². The summed E-state index contributed by atoms with van der Waals surface area (Å²) in [6, 6.07) is 6.21. The predicted octanol–water partition coefficient (Wildman–Crippen LogP) is 2.31. The lowest BCUT2D eigenvalue weighted by Crippen LogP contribution is -2.31. The van der Waals surface area contributed by atoms with Crippen LogP contribution in [0.5, 0.6) is 5.88 Å². The molecule has 0 atom stereocenters. The fourth-order valence-electron chi connectivity index (χ4n) is 2.45. The molecule has 0 aliphatic rings. The number of H-pyrrole nitrogens is 1. The Hall–Kier alpha value is -2.87. The number of unbranched alkanes of at least 4 members (excludes halogenated alkanes) is 3. The van der Waals surface area contributed by atoms with Gasteiger partial charge in [-0.1, -0.05) is 43.9 Å². The van der Waals surface area contributed by atoms with Crippen LogP contribution in [0, 0.1) is 0 Å². The molecule has 2 rings (SSSR count). The largest absolute Gasteiger partial charge is 0.493 e. The van der Waals surface area contributed by atoms with E-state index in [2.05, 4.69) is 22.4 Å². The van der Waals surface area contributed by atoms with Crippen LogP contribution in [0.1, 0.15) is 44.6 Å². The van der Waals surface area contributed by atoms with E-state index in [1.54, 1.807) is 18.2 Å². The van der Waals surface area contributed by atoms with E-state index in [1.807, 2.05) is 0 Å². The number of rotatable bonds is 8. The van der Waals surface area contributed by atoms with Gasteiger partial charge in [-0.3, -0.25) is 14.6 Å². The minimum atomic E-state index is -0.822. The number of benzene rings is 1. The summed E-state index contributed by atoms with van der Waals surface area (Å²) >= 11 is 5.91. The Bertz CT molecular complexity index is 949. The van der Waals surface area contributed by atoms with E-state index in [9.17, 15) is 19.5 Å². The molecule has 0 aliphatic heterocycles. The molecule has 1 aromatic heterocycles. The fraction of sp³-hybridized carbons (Fsp3) is 0.333. The van der Waals surface area contributed by atoms with E-state index in [1.165, 1.54) is 6.07 Å². The number of aromatic nitrogens is 2. The van der Waals surface area contributed by atoms with E-state index in [0.29, 0.717) is 11.4 Å². The van der Waals surface area contributed by atoms with Crippen LogP contribution in [-0.4, -0.2) is 26.8 Å². The van der Waals surface area contributed by atoms with Gasteiger partial charge in [0.05, 0.1) is 11.9 Å². The Kier molecular flexibility index (Phi) is 7.36. The van der Waals surface area contributed by atoms with Gasteiger partial charge in [0, 0.05) is 11.4 Å². The van der Waals surface area contributed by atoms with Crippen molar-refractivity contribution in [3.63, 3.8) is 0 Å². The molecule has 27 heavy (non-hydrogen) atoms. The van der Waals surface area contributed by atoms with E-state index in [0.717, 1.165) is 36.5 Å². The summed E-state index contributed by atoms with van der Waals surface area (Å²) in [5, 5.41) is 14.4. The maximum Gasteiger partial charge on any atom is 0.335 e. The summed E-state index contributed by atoms with van der Waals surface area (Å²) in [6.45, 7) is 2.08. The number of aromatic amines is 1. The van der Waals surface area contributed by atoms with Gasteiger partial charge in [0.15, 0.2) is 0 Å². The van der Waals surface area contributed by atoms with Crippen LogP contribution >= 0.6 is 11.6 Å². The van der Waals surface area contributed by atoms with Crippen LogP contribution in [0.2, 0.25) is 5.02 Å². The van der Waals surface area contributed by atoms with E-state index in [4.69, 9.17) is 11.6 Å². The highest BCUT2D eigenvalue weighted by molar-refractivity contribution is 6.30. The van der Waals surface area contributed by atoms with Gasteiger partial charge in [-0.25, -0.2) is 14.8 Å². The summed E-state index contributed by atoms with van der Waals surface area (Å²) in [6.07, 6.45) is 5.16. The zero-order valence-electron chi connectivity index (χ0n) is 14.9. The fourth-order valence-corrected chi connectivity index (χ4v) is 2.63. The Balaban J connectivity index is 2.20. The third-order valence-electron chi connectivity index (χ3n) is 3.83. The molecular formula is C18H21ClN4O4. The number of hydrogen-bond acceptors (Lipinski definition) is 5. The number of amides is 1. The molecule has 8 nitrogen and oxygen atoms in total. The Morgan fingerprint density at radius 3 is 2.81 bits per heavy atom. The van der Waals surface area contributed by atoms with E-state index in [-0.39, 0.29) is 17.2 Å². The number of carbonyl (C=O) groups excluding carboxylic acids is 1. The first-order chi connectivity index (χ1) is 12.9. The highest BCUT2D eigenvalue weighted by atomic mass is 35.5. The Morgan fingerprint density at radius 2 is 2.11 bits per heavy atom. The molecule has 9 heteroatoms. The average molecular weight is 393 g/mol. The minimum Gasteiger partial charge on any atom is -0.493 e. The molecule has 0 radical (unpaired) electrons. The second-order valence-electron chi connectivity index (χ2n) is 5.92. The standard InChI is InChI=1S/C18H21ClN4O4/c1-2-3-4-5-9-15(24)22-20-11-14-16(25)21-18(27)23(17(14)26)13-8-6-7-12(19)10-13/h6-8,10-11,26H,2-5,9H2,1H3,(H,22,24)(H,21,25,27). The average Bonchev–Trinajstić information content (AvgIpc) is 2.61. The molecule has 144 valence electrons. The molecule has 0 saturated carbocycles. The molecule has 2 aromatic rings. The summed E-state index contributed by atoms with van der Waals surface area (Å²) < 4.78 is 0.890. The quantitative estimate of drug-likeness (QED) is 0.363. The first kappa shape index (κ1) is 20.4. The second kappa shape index (κ2) is 9.72. The van der Waals surface area contributed by atoms with Crippen LogP contribution in [-0.2, 0) is 4.79 Å². The lowest BCUT2D eigenvalue weighted by molar-refractivity contribution is -0.121. The second-order valence-corrected chi connectivity index (χ2v) is 6.35. The molecule has 0 saturated heterocycles. The normalized spacial score (nSPS) is 11.0. The first-order valence-electron chi connectivity index (χ1n) is 8.60. The van der Waals surface area contributed by atoms with Crippen LogP contribution < -0.4 is 16.7 Å². The van der Waals surface area contributed by atoms with Crippen molar-refractivity contribution < 1.29 is 9.90 Å². The number of nitrogens with zero attached hydrogens (tertiary/aromatic N) is 2. The monoisotopic (exact) mass is 392 g/mol. The van der Waals surface area contributed by atoms with Gasteiger partial charge in [0.25, 0.3) is 5.56 Å². The lowest BCUT2D eigenvalue weighted by atomic mass is 10.1. The van der Waals surface area contributed by atoms with Crippen LogP contribution in [0.4, 0.5) is 0 Å². The molecule has 0 aliphatic carbocycles. The third-order valence-corrected chi connectivity index (χ3v) is 4.06. The van der Waals surface area contributed by atoms with Crippen LogP contribution in [0.25, 0.3) is 5.69 Å².